The van der Waals surface area contributed by atoms with Gasteiger partial charge in [0.15, 0.2) is 11.5 Å². The first-order valence-electron chi connectivity index (χ1n) is 9.70. The van der Waals surface area contributed by atoms with E-state index in [2.05, 4.69) is 10.4 Å². The van der Waals surface area contributed by atoms with Crippen molar-refractivity contribution in [2.24, 2.45) is 0 Å². The Hall–Kier alpha value is -3.28. The molecule has 6 heteroatoms. The summed E-state index contributed by atoms with van der Waals surface area (Å²) >= 11 is 0. The lowest BCUT2D eigenvalue weighted by molar-refractivity contribution is -0.120. The molecule has 1 aromatic heterocycles. The van der Waals surface area contributed by atoms with Crippen LogP contribution in [0.1, 0.15) is 29.4 Å². The fourth-order valence-electron chi connectivity index (χ4n) is 3.27. The highest BCUT2D eigenvalue weighted by Crippen LogP contribution is 2.28. The number of nitrogens with one attached hydrogen (secondary N) is 1. The van der Waals surface area contributed by atoms with Crippen LogP contribution >= 0.6 is 0 Å². The van der Waals surface area contributed by atoms with Crippen molar-refractivity contribution in [3.05, 3.63) is 71.0 Å². The molecule has 29 heavy (non-hydrogen) atoms. The van der Waals surface area contributed by atoms with E-state index in [-0.39, 0.29) is 5.91 Å². The van der Waals surface area contributed by atoms with Crippen LogP contribution in [0.25, 0.3) is 5.69 Å². The molecule has 0 spiro atoms. The molecule has 0 aliphatic heterocycles. The summed E-state index contributed by atoms with van der Waals surface area (Å²) in [7, 11) is 1.61. The van der Waals surface area contributed by atoms with Gasteiger partial charge in [0.25, 0.3) is 0 Å². The second-order valence-corrected chi connectivity index (χ2v) is 6.77. The van der Waals surface area contributed by atoms with E-state index in [0.29, 0.717) is 31.1 Å². The molecule has 3 rings (SSSR count). The molecule has 1 N–H and O–H groups in total. The van der Waals surface area contributed by atoms with Gasteiger partial charge in [0, 0.05) is 17.8 Å². The Labute approximate surface area is 171 Å². The van der Waals surface area contributed by atoms with Gasteiger partial charge in [-0.1, -0.05) is 24.3 Å². The van der Waals surface area contributed by atoms with E-state index in [1.54, 1.807) is 7.11 Å². The van der Waals surface area contributed by atoms with E-state index in [1.807, 2.05) is 74.0 Å². The van der Waals surface area contributed by atoms with Gasteiger partial charge in [-0.15, -0.1) is 0 Å². The highest BCUT2D eigenvalue weighted by Gasteiger charge is 2.16. The Morgan fingerprint density at radius 2 is 1.86 bits per heavy atom. The largest absolute Gasteiger partial charge is 0.493 e. The van der Waals surface area contributed by atoms with Crippen LogP contribution in [0.2, 0.25) is 0 Å². The average Bonchev–Trinajstić information content (AvgIpc) is 3.02. The number of benzene rings is 2. The molecule has 0 aliphatic rings. The summed E-state index contributed by atoms with van der Waals surface area (Å²) in [6.45, 7) is 6.85. The first-order valence-corrected chi connectivity index (χ1v) is 9.70. The quantitative estimate of drug-likeness (QED) is 0.633. The fourth-order valence-corrected chi connectivity index (χ4v) is 3.27. The molecular weight excluding hydrogens is 366 g/mol. The summed E-state index contributed by atoms with van der Waals surface area (Å²) in [5.41, 5.74) is 4.74. The molecule has 0 saturated carbocycles. The Morgan fingerprint density at radius 3 is 2.55 bits per heavy atom. The lowest BCUT2D eigenvalue weighted by atomic mass is 10.1. The number of para-hydroxylation sites is 1. The topological polar surface area (TPSA) is 65.4 Å². The Balaban J connectivity index is 1.67. The Kier molecular flexibility index (Phi) is 6.54. The van der Waals surface area contributed by atoms with Crippen LogP contribution in [0.3, 0.4) is 0 Å². The van der Waals surface area contributed by atoms with E-state index < -0.39 is 0 Å². The molecule has 1 heterocycles. The highest BCUT2D eigenvalue weighted by molar-refractivity contribution is 5.79. The van der Waals surface area contributed by atoms with Crippen molar-refractivity contribution in [1.82, 2.24) is 15.1 Å². The molecule has 6 nitrogen and oxygen atoms in total. The van der Waals surface area contributed by atoms with Crippen molar-refractivity contribution < 1.29 is 14.3 Å². The van der Waals surface area contributed by atoms with Gasteiger partial charge in [0.2, 0.25) is 5.91 Å². The predicted molar refractivity (Wildman–Crippen MR) is 113 cm³/mol. The minimum atomic E-state index is -0.0448. The maximum absolute atomic E-state index is 12.6. The molecule has 2 aromatic carbocycles. The number of methoxy groups -OCH3 is 1. The summed E-state index contributed by atoms with van der Waals surface area (Å²) in [5, 5.41) is 7.59. The number of carbonyl (C=O) groups excluding carboxylic acids is 1. The van der Waals surface area contributed by atoms with Gasteiger partial charge < -0.3 is 14.8 Å². The van der Waals surface area contributed by atoms with Gasteiger partial charge in [-0.2, -0.15) is 5.10 Å². The van der Waals surface area contributed by atoms with Crippen molar-refractivity contribution in [2.45, 2.75) is 33.7 Å². The number of nitrogens with zero attached hydrogens (tertiary/aromatic N) is 2. The highest BCUT2D eigenvalue weighted by atomic mass is 16.5. The molecule has 3 aromatic rings. The molecule has 0 aliphatic carbocycles. The third-order valence-corrected chi connectivity index (χ3v) is 4.80. The summed E-state index contributed by atoms with van der Waals surface area (Å²) in [5.74, 6) is 1.32. The monoisotopic (exact) mass is 393 g/mol. The summed E-state index contributed by atoms with van der Waals surface area (Å²) in [4.78, 5) is 12.6. The molecule has 0 bridgehead atoms. The molecular formula is C23H27N3O3. The number of hydrogen-bond acceptors (Lipinski definition) is 4. The number of ether oxygens (including phenoxy) is 2. The fraction of sp³-hybridized carbons (Fsp3) is 0.304. The van der Waals surface area contributed by atoms with Gasteiger partial charge in [-0.25, -0.2) is 4.68 Å². The first kappa shape index (κ1) is 20.5. The smallest absolute Gasteiger partial charge is 0.224 e. The second-order valence-electron chi connectivity index (χ2n) is 6.77. The van der Waals surface area contributed by atoms with Gasteiger partial charge >= 0.3 is 0 Å². The number of aryl methyl sites for hydroxylation is 1. The summed E-state index contributed by atoms with van der Waals surface area (Å²) in [6.07, 6.45) is 0.290. The lowest BCUT2D eigenvalue weighted by Gasteiger charge is -2.11. The zero-order chi connectivity index (χ0) is 20.8. The molecule has 0 fully saturated rings. The number of amides is 1. The lowest BCUT2D eigenvalue weighted by Crippen LogP contribution is -2.25. The minimum absolute atomic E-state index is 0.0448. The zero-order valence-corrected chi connectivity index (χ0v) is 17.4. The van der Waals surface area contributed by atoms with E-state index in [4.69, 9.17) is 9.47 Å². The number of hydrogen-bond donors (Lipinski definition) is 1. The first-order chi connectivity index (χ1) is 14.0. The molecule has 152 valence electrons. The van der Waals surface area contributed by atoms with Crippen LogP contribution in [-0.4, -0.2) is 29.4 Å². The van der Waals surface area contributed by atoms with E-state index in [0.717, 1.165) is 28.2 Å². The third-order valence-electron chi connectivity index (χ3n) is 4.80. The maximum Gasteiger partial charge on any atom is 0.224 e. The Morgan fingerprint density at radius 1 is 1.10 bits per heavy atom. The number of rotatable bonds is 8. The summed E-state index contributed by atoms with van der Waals surface area (Å²) in [6, 6.07) is 15.6. The van der Waals surface area contributed by atoms with Crippen molar-refractivity contribution in [3.63, 3.8) is 0 Å². The van der Waals surface area contributed by atoms with Crippen LogP contribution in [0.4, 0.5) is 0 Å². The number of carbonyl (C=O) groups is 1. The van der Waals surface area contributed by atoms with Gasteiger partial charge in [-0.05, 0) is 50.6 Å². The van der Waals surface area contributed by atoms with Gasteiger partial charge in [0.1, 0.15) is 0 Å². The molecule has 0 unspecified atom stereocenters. The van der Waals surface area contributed by atoms with Crippen LogP contribution in [-0.2, 0) is 17.8 Å². The Bertz CT molecular complexity index is 981. The molecule has 0 radical (unpaired) electrons. The van der Waals surface area contributed by atoms with Crippen LogP contribution in [0.15, 0.2) is 48.5 Å². The van der Waals surface area contributed by atoms with E-state index in [1.165, 1.54) is 0 Å². The van der Waals surface area contributed by atoms with Gasteiger partial charge in [0.05, 0.1) is 31.5 Å². The average molecular weight is 393 g/mol. The molecule has 0 saturated heterocycles. The number of aromatic nitrogens is 2. The summed E-state index contributed by atoms with van der Waals surface area (Å²) < 4.78 is 12.8. The molecule has 1 amide bonds. The SMILES string of the molecule is CCOc1ccc(CNC(=O)Cc2c(C)nn(-c3ccccc3)c2C)cc1OC. The van der Waals surface area contributed by atoms with Crippen LogP contribution in [0.5, 0.6) is 11.5 Å². The second kappa shape index (κ2) is 9.28. The predicted octanol–water partition coefficient (Wildman–Crippen LogP) is 3.76. The van der Waals surface area contributed by atoms with Crippen molar-refractivity contribution in [2.75, 3.05) is 13.7 Å². The van der Waals surface area contributed by atoms with Crippen LogP contribution < -0.4 is 14.8 Å². The van der Waals surface area contributed by atoms with Crippen molar-refractivity contribution in [3.8, 4) is 17.2 Å². The maximum atomic E-state index is 12.6. The van der Waals surface area contributed by atoms with Crippen molar-refractivity contribution >= 4 is 5.91 Å². The van der Waals surface area contributed by atoms with E-state index in [9.17, 15) is 4.79 Å². The standard InChI is InChI=1S/C23H27N3O3/c1-5-29-21-12-11-18(13-22(21)28-4)15-24-23(27)14-20-16(2)25-26(17(20)3)19-9-7-6-8-10-19/h6-13H,5,14-15H2,1-4H3,(H,24,27). The minimum Gasteiger partial charge on any atom is -0.493 e. The van der Waals surface area contributed by atoms with Crippen LogP contribution in [0, 0.1) is 13.8 Å². The normalized spacial score (nSPS) is 10.6. The van der Waals surface area contributed by atoms with Crippen molar-refractivity contribution in [1.29, 1.82) is 0 Å². The van der Waals surface area contributed by atoms with Gasteiger partial charge in [-0.3, -0.25) is 4.79 Å². The molecule has 0 atom stereocenters. The third kappa shape index (κ3) is 4.77. The van der Waals surface area contributed by atoms with E-state index >= 15 is 0 Å². The zero-order valence-electron chi connectivity index (χ0n) is 17.4.